The third-order valence-electron chi connectivity index (χ3n) is 1.46. The van der Waals surface area contributed by atoms with E-state index in [9.17, 15) is 4.79 Å². The highest BCUT2D eigenvalue weighted by atomic mass is 16.8. The van der Waals surface area contributed by atoms with Crippen molar-refractivity contribution in [3.63, 3.8) is 0 Å². The van der Waals surface area contributed by atoms with E-state index in [0.717, 1.165) is 0 Å². The van der Waals surface area contributed by atoms with Gasteiger partial charge in [0.25, 0.3) is 0 Å². The smallest absolute Gasteiger partial charge is 0.450 e. The fourth-order valence-electron chi connectivity index (χ4n) is 1.01. The Hall–Kier alpha value is -0.810. The monoisotopic (exact) mass is 176 g/mol. The first-order valence-corrected chi connectivity index (χ1v) is 3.67. The average Bonchev–Trinajstić information content (AvgIpc) is 2.26. The lowest BCUT2D eigenvalue weighted by atomic mass is 10.4. The van der Waals surface area contributed by atoms with Crippen molar-refractivity contribution in [2.75, 3.05) is 13.2 Å². The zero-order chi connectivity index (χ0) is 9.19. The summed E-state index contributed by atoms with van der Waals surface area (Å²) in [6.45, 7) is 3.95. The first kappa shape index (κ1) is 9.28. The Morgan fingerprint density at radius 1 is 1.75 bits per heavy atom. The summed E-state index contributed by atoms with van der Waals surface area (Å²) in [5.41, 5.74) is 0. The predicted molar refractivity (Wildman–Crippen MR) is 38.9 cm³/mol. The van der Waals surface area contributed by atoms with Gasteiger partial charge in [-0.1, -0.05) is 0 Å². The Morgan fingerprint density at radius 2 is 2.42 bits per heavy atom. The van der Waals surface area contributed by atoms with E-state index in [2.05, 4.69) is 4.74 Å². The van der Waals surface area contributed by atoms with E-state index in [1.165, 1.54) is 0 Å². The summed E-state index contributed by atoms with van der Waals surface area (Å²) in [5.74, 6) is -0.619. The quantitative estimate of drug-likeness (QED) is 0.631. The van der Waals surface area contributed by atoms with Crippen LogP contribution in [-0.2, 0) is 14.2 Å². The standard InChI is InChI=1S/C7H12O5/c1-7(2)11-4-5(12-7)3-10-6(8)9/h5H,3-4H2,1-2H3,(H,8,9)/t5-/m0/s1. The molecule has 1 heterocycles. The number of ether oxygens (including phenoxy) is 3. The summed E-state index contributed by atoms with van der Waals surface area (Å²) < 4.78 is 14.8. The minimum absolute atomic E-state index is 0.0266. The largest absolute Gasteiger partial charge is 0.505 e. The highest BCUT2D eigenvalue weighted by molar-refractivity contribution is 5.56. The molecule has 0 aromatic rings. The molecule has 5 nitrogen and oxygen atoms in total. The molecule has 0 aliphatic carbocycles. The molecular formula is C7H12O5. The van der Waals surface area contributed by atoms with Crippen molar-refractivity contribution >= 4 is 6.16 Å². The predicted octanol–water partition coefficient (Wildman–Crippen LogP) is 0.833. The fraction of sp³-hybridized carbons (Fsp3) is 0.857. The van der Waals surface area contributed by atoms with Crippen molar-refractivity contribution in [1.29, 1.82) is 0 Å². The van der Waals surface area contributed by atoms with Crippen LogP contribution in [0.2, 0.25) is 0 Å². The van der Waals surface area contributed by atoms with Gasteiger partial charge in [0.05, 0.1) is 6.61 Å². The molecule has 12 heavy (non-hydrogen) atoms. The second-order valence-corrected chi connectivity index (χ2v) is 3.03. The van der Waals surface area contributed by atoms with Gasteiger partial charge in [0.15, 0.2) is 5.79 Å². The molecule has 1 aliphatic heterocycles. The Kier molecular flexibility index (Phi) is 2.54. The van der Waals surface area contributed by atoms with Gasteiger partial charge in [-0.3, -0.25) is 0 Å². The number of carboxylic acid groups (broad SMARTS) is 1. The number of carbonyl (C=O) groups is 1. The number of hydrogen-bond donors (Lipinski definition) is 1. The van der Waals surface area contributed by atoms with Gasteiger partial charge in [0.2, 0.25) is 0 Å². The van der Waals surface area contributed by atoms with Crippen LogP contribution in [-0.4, -0.2) is 36.4 Å². The number of hydrogen-bond acceptors (Lipinski definition) is 4. The minimum Gasteiger partial charge on any atom is -0.450 e. The molecule has 70 valence electrons. The van der Waals surface area contributed by atoms with Gasteiger partial charge in [0, 0.05) is 0 Å². The topological polar surface area (TPSA) is 65.0 Å². The molecule has 0 radical (unpaired) electrons. The molecular weight excluding hydrogens is 164 g/mol. The van der Waals surface area contributed by atoms with Gasteiger partial charge >= 0.3 is 6.16 Å². The minimum atomic E-state index is -1.29. The first-order chi connectivity index (χ1) is 5.49. The maximum Gasteiger partial charge on any atom is 0.505 e. The van der Waals surface area contributed by atoms with Crippen LogP contribution in [0.1, 0.15) is 13.8 Å². The van der Waals surface area contributed by atoms with Gasteiger partial charge in [-0.05, 0) is 13.8 Å². The van der Waals surface area contributed by atoms with Crippen LogP contribution < -0.4 is 0 Å². The molecule has 0 unspecified atom stereocenters. The lowest BCUT2D eigenvalue weighted by Crippen LogP contribution is -2.24. The summed E-state index contributed by atoms with van der Waals surface area (Å²) in [6.07, 6.45) is -1.57. The van der Waals surface area contributed by atoms with Crippen molar-refractivity contribution in [2.45, 2.75) is 25.7 Å². The van der Waals surface area contributed by atoms with E-state index in [0.29, 0.717) is 6.61 Å². The van der Waals surface area contributed by atoms with Crippen molar-refractivity contribution in [3.05, 3.63) is 0 Å². The Balaban J connectivity index is 2.24. The van der Waals surface area contributed by atoms with Crippen LogP contribution in [0.25, 0.3) is 0 Å². The molecule has 0 aromatic carbocycles. The highest BCUT2D eigenvalue weighted by Gasteiger charge is 2.33. The zero-order valence-electron chi connectivity index (χ0n) is 7.07. The molecule has 1 saturated heterocycles. The molecule has 0 saturated carbocycles. The van der Waals surface area contributed by atoms with Crippen LogP contribution in [0.4, 0.5) is 4.79 Å². The molecule has 1 rings (SSSR count). The molecule has 1 atom stereocenters. The zero-order valence-corrected chi connectivity index (χ0v) is 7.07. The van der Waals surface area contributed by atoms with E-state index in [1.54, 1.807) is 13.8 Å². The maximum atomic E-state index is 10.00. The summed E-state index contributed by atoms with van der Waals surface area (Å²) in [6, 6.07) is 0. The van der Waals surface area contributed by atoms with Crippen molar-refractivity contribution in [2.24, 2.45) is 0 Å². The van der Waals surface area contributed by atoms with E-state index in [4.69, 9.17) is 14.6 Å². The van der Waals surface area contributed by atoms with Crippen molar-refractivity contribution in [3.8, 4) is 0 Å². The molecule has 1 N–H and O–H groups in total. The highest BCUT2D eigenvalue weighted by Crippen LogP contribution is 2.22. The Bertz CT molecular complexity index is 177. The van der Waals surface area contributed by atoms with E-state index in [-0.39, 0.29) is 12.7 Å². The molecule has 1 fully saturated rings. The van der Waals surface area contributed by atoms with Gasteiger partial charge in [0.1, 0.15) is 12.7 Å². The molecule has 0 spiro atoms. The lowest BCUT2D eigenvalue weighted by molar-refractivity contribution is -0.143. The third kappa shape index (κ3) is 2.67. The van der Waals surface area contributed by atoms with Crippen LogP contribution in [0, 0.1) is 0 Å². The maximum absolute atomic E-state index is 10.00. The van der Waals surface area contributed by atoms with Crippen LogP contribution in [0.3, 0.4) is 0 Å². The van der Waals surface area contributed by atoms with Crippen LogP contribution >= 0.6 is 0 Å². The third-order valence-corrected chi connectivity index (χ3v) is 1.46. The van der Waals surface area contributed by atoms with Crippen LogP contribution in [0.5, 0.6) is 0 Å². The van der Waals surface area contributed by atoms with E-state index >= 15 is 0 Å². The van der Waals surface area contributed by atoms with Crippen molar-refractivity contribution < 1.29 is 24.1 Å². The average molecular weight is 176 g/mol. The Labute approximate surface area is 70.2 Å². The van der Waals surface area contributed by atoms with E-state index in [1.807, 2.05) is 0 Å². The van der Waals surface area contributed by atoms with Gasteiger partial charge in [-0.15, -0.1) is 0 Å². The van der Waals surface area contributed by atoms with Gasteiger partial charge in [-0.2, -0.15) is 0 Å². The van der Waals surface area contributed by atoms with Gasteiger partial charge < -0.3 is 19.3 Å². The molecule has 5 heteroatoms. The number of rotatable bonds is 2. The fourth-order valence-corrected chi connectivity index (χ4v) is 1.01. The molecule has 0 amide bonds. The van der Waals surface area contributed by atoms with Crippen LogP contribution in [0.15, 0.2) is 0 Å². The summed E-state index contributed by atoms with van der Waals surface area (Å²) in [5, 5.41) is 8.19. The molecule has 0 aromatic heterocycles. The molecule has 1 aliphatic rings. The van der Waals surface area contributed by atoms with E-state index < -0.39 is 11.9 Å². The summed E-state index contributed by atoms with van der Waals surface area (Å²) in [4.78, 5) is 10.00. The normalized spacial score (nSPS) is 27.0. The summed E-state index contributed by atoms with van der Waals surface area (Å²) >= 11 is 0. The summed E-state index contributed by atoms with van der Waals surface area (Å²) in [7, 11) is 0. The molecule has 0 bridgehead atoms. The second kappa shape index (κ2) is 3.28. The first-order valence-electron chi connectivity index (χ1n) is 3.67. The Morgan fingerprint density at radius 3 is 2.83 bits per heavy atom. The SMILES string of the molecule is CC1(C)OC[C@H](COC(=O)O)O1. The van der Waals surface area contributed by atoms with Gasteiger partial charge in [-0.25, -0.2) is 4.79 Å². The van der Waals surface area contributed by atoms with Crippen molar-refractivity contribution in [1.82, 2.24) is 0 Å². The second-order valence-electron chi connectivity index (χ2n) is 3.03. The lowest BCUT2D eigenvalue weighted by Gasteiger charge is -2.16.